The van der Waals surface area contributed by atoms with Crippen LogP contribution in [-0.2, 0) is 0 Å². The molecule has 2 rings (SSSR count). The van der Waals surface area contributed by atoms with Crippen LogP contribution in [0.3, 0.4) is 0 Å². The number of carbonyl (C=O) groups excluding carboxylic acids is 1. The molecule has 104 valence electrons. The molecule has 1 saturated heterocycles. The molecule has 0 spiro atoms. The van der Waals surface area contributed by atoms with Crippen molar-refractivity contribution in [2.45, 2.75) is 12.5 Å². The van der Waals surface area contributed by atoms with E-state index in [1.165, 1.54) is 0 Å². The second kappa shape index (κ2) is 4.16. The van der Waals surface area contributed by atoms with Crippen LogP contribution in [0.15, 0.2) is 0 Å². The van der Waals surface area contributed by atoms with Crippen LogP contribution in [0, 0.1) is 29.1 Å². The van der Waals surface area contributed by atoms with Crippen molar-refractivity contribution in [1.82, 2.24) is 4.90 Å². The van der Waals surface area contributed by atoms with E-state index in [0.29, 0.717) is 0 Å². The number of likely N-dealkylation sites (tertiary alicyclic amines) is 1. The normalized spacial score (nSPS) is 17.3. The Morgan fingerprint density at radius 2 is 1.37 bits per heavy atom. The number of nitrogens with two attached hydrogens (primary N) is 1. The highest BCUT2D eigenvalue weighted by molar-refractivity contribution is 5.95. The molecule has 1 aromatic rings. The lowest BCUT2D eigenvalue weighted by atomic mass is 9.92. The third-order valence-corrected chi connectivity index (χ3v) is 2.82. The molecule has 1 heterocycles. The Kier molecular flexibility index (Phi) is 3.00. The Balaban J connectivity index is 2.44. The number of benzene rings is 1. The van der Waals surface area contributed by atoms with E-state index in [-0.39, 0.29) is 13.1 Å². The van der Waals surface area contributed by atoms with Gasteiger partial charge in [0.1, 0.15) is 5.56 Å². The van der Waals surface area contributed by atoms with Gasteiger partial charge in [0.2, 0.25) is 5.82 Å². The van der Waals surface area contributed by atoms with Crippen molar-refractivity contribution < 1.29 is 26.7 Å². The predicted octanol–water partition coefficient (Wildman–Crippen LogP) is 1.56. The first-order valence-electron chi connectivity index (χ1n) is 5.25. The van der Waals surface area contributed by atoms with E-state index in [9.17, 15) is 26.7 Å². The molecular formula is C11H9F5N2O. The Morgan fingerprint density at radius 3 is 1.74 bits per heavy atom. The fraction of sp³-hybridized carbons (Fsp3) is 0.364. The van der Waals surface area contributed by atoms with E-state index in [0.717, 1.165) is 4.90 Å². The molecule has 3 nitrogen and oxygen atoms in total. The molecule has 1 aliphatic rings. The molecule has 0 aromatic heterocycles. The minimum atomic E-state index is -2.29. The second-order valence-electron chi connectivity index (χ2n) is 4.76. The van der Waals surface area contributed by atoms with Gasteiger partial charge in [-0.3, -0.25) is 4.79 Å². The number of hydrogen-bond acceptors (Lipinski definition) is 2. The van der Waals surface area contributed by atoms with E-state index in [1.54, 1.807) is 6.92 Å². The Morgan fingerprint density at radius 1 is 1.00 bits per heavy atom. The molecule has 1 fully saturated rings. The lowest BCUT2D eigenvalue weighted by Gasteiger charge is -2.45. The van der Waals surface area contributed by atoms with Gasteiger partial charge in [0.15, 0.2) is 23.3 Å². The van der Waals surface area contributed by atoms with Crippen molar-refractivity contribution in [3.8, 4) is 0 Å². The lowest BCUT2D eigenvalue weighted by molar-refractivity contribution is 0.0441. The summed E-state index contributed by atoms with van der Waals surface area (Å²) < 4.78 is 65.4. The van der Waals surface area contributed by atoms with Crippen LogP contribution in [0.2, 0.25) is 0 Å². The van der Waals surface area contributed by atoms with Crippen LogP contribution in [0.25, 0.3) is 0 Å². The van der Waals surface area contributed by atoms with Gasteiger partial charge in [-0.15, -0.1) is 0 Å². The molecule has 0 bridgehead atoms. The third kappa shape index (κ3) is 2.05. The molecule has 8 heteroatoms. The van der Waals surface area contributed by atoms with Gasteiger partial charge in [-0.1, -0.05) is 0 Å². The molecule has 2 N–H and O–H groups in total. The first kappa shape index (κ1) is 13.7. The van der Waals surface area contributed by atoms with Gasteiger partial charge in [0.25, 0.3) is 5.91 Å². The van der Waals surface area contributed by atoms with Crippen LogP contribution in [0.1, 0.15) is 17.3 Å². The molecule has 0 saturated carbocycles. The Bertz CT molecular complexity index is 536. The van der Waals surface area contributed by atoms with Gasteiger partial charge < -0.3 is 10.6 Å². The molecule has 1 aliphatic heterocycles. The summed E-state index contributed by atoms with van der Waals surface area (Å²) in [5, 5.41) is 0. The molecule has 0 atom stereocenters. The Labute approximate surface area is 104 Å². The van der Waals surface area contributed by atoms with Gasteiger partial charge in [-0.05, 0) is 6.92 Å². The first-order valence-corrected chi connectivity index (χ1v) is 5.25. The highest BCUT2D eigenvalue weighted by Gasteiger charge is 2.41. The number of hydrogen-bond donors (Lipinski definition) is 1. The van der Waals surface area contributed by atoms with Gasteiger partial charge in [0, 0.05) is 18.6 Å². The smallest absolute Gasteiger partial charge is 0.260 e. The van der Waals surface area contributed by atoms with E-state index in [4.69, 9.17) is 5.73 Å². The van der Waals surface area contributed by atoms with Crippen LogP contribution < -0.4 is 5.73 Å². The summed E-state index contributed by atoms with van der Waals surface area (Å²) in [6.45, 7) is 1.55. The number of nitrogens with zero attached hydrogens (tertiary/aromatic N) is 1. The van der Waals surface area contributed by atoms with Crippen LogP contribution >= 0.6 is 0 Å². The second-order valence-corrected chi connectivity index (χ2v) is 4.76. The number of carbonyl (C=O) groups is 1. The van der Waals surface area contributed by atoms with E-state index >= 15 is 0 Å². The van der Waals surface area contributed by atoms with Gasteiger partial charge in [0.05, 0.1) is 0 Å². The summed E-state index contributed by atoms with van der Waals surface area (Å²) in [4.78, 5) is 12.6. The van der Waals surface area contributed by atoms with Gasteiger partial charge >= 0.3 is 0 Å². The average Bonchev–Trinajstić information content (AvgIpc) is 2.31. The van der Waals surface area contributed by atoms with Crippen LogP contribution in [-0.4, -0.2) is 29.4 Å². The Hall–Kier alpha value is -1.70. The summed E-state index contributed by atoms with van der Waals surface area (Å²) >= 11 is 0. The topological polar surface area (TPSA) is 46.3 Å². The highest BCUT2D eigenvalue weighted by Crippen LogP contribution is 2.27. The molecule has 1 amide bonds. The van der Waals surface area contributed by atoms with E-state index in [1.807, 2.05) is 0 Å². The van der Waals surface area contributed by atoms with Crippen LogP contribution in [0.4, 0.5) is 22.0 Å². The van der Waals surface area contributed by atoms with Gasteiger partial charge in [-0.2, -0.15) is 0 Å². The minimum Gasteiger partial charge on any atom is -0.335 e. The van der Waals surface area contributed by atoms with E-state index in [2.05, 4.69) is 0 Å². The molecule has 1 aromatic carbocycles. The zero-order chi connectivity index (χ0) is 14.5. The lowest BCUT2D eigenvalue weighted by Crippen LogP contribution is -2.66. The monoisotopic (exact) mass is 280 g/mol. The van der Waals surface area contributed by atoms with Crippen molar-refractivity contribution in [2.24, 2.45) is 5.73 Å². The summed E-state index contributed by atoms with van der Waals surface area (Å²) in [5.74, 6) is -12.1. The third-order valence-electron chi connectivity index (χ3n) is 2.82. The summed E-state index contributed by atoms with van der Waals surface area (Å²) in [6, 6.07) is 0. The molecule has 19 heavy (non-hydrogen) atoms. The molecular weight excluding hydrogens is 271 g/mol. The standard InChI is InChI=1S/C11H9F5N2O/c1-11(17)2-18(3-11)10(19)4-5(12)7(14)9(16)8(15)6(4)13/h2-3,17H2,1H3. The summed E-state index contributed by atoms with van der Waals surface area (Å²) in [5.41, 5.74) is 3.42. The van der Waals surface area contributed by atoms with Crippen molar-refractivity contribution in [2.75, 3.05) is 13.1 Å². The molecule has 0 radical (unpaired) electrons. The summed E-state index contributed by atoms with van der Waals surface area (Å²) in [7, 11) is 0. The van der Waals surface area contributed by atoms with Crippen molar-refractivity contribution in [3.05, 3.63) is 34.6 Å². The maximum atomic E-state index is 13.4. The van der Waals surface area contributed by atoms with Crippen molar-refractivity contribution in [1.29, 1.82) is 0 Å². The maximum Gasteiger partial charge on any atom is 0.260 e. The summed E-state index contributed by atoms with van der Waals surface area (Å²) in [6.07, 6.45) is 0. The van der Waals surface area contributed by atoms with E-state index < -0.39 is 46.1 Å². The first-order chi connectivity index (χ1) is 8.65. The number of halogens is 5. The average molecular weight is 280 g/mol. The van der Waals surface area contributed by atoms with Crippen molar-refractivity contribution >= 4 is 5.91 Å². The van der Waals surface area contributed by atoms with Gasteiger partial charge in [-0.25, -0.2) is 22.0 Å². The number of amides is 1. The van der Waals surface area contributed by atoms with Crippen molar-refractivity contribution in [3.63, 3.8) is 0 Å². The quantitative estimate of drug-likeness (QED) is 0.482. The molecule has 0 aliphatic carbocycles. The molecule has 0 unspecified atom stereocenters. The zero-order valence-corrected chi connectivity index (χ0v) is 9.74. The van der Waals surface area contributed by atoms with Crippen LogP contribution in [0.5, 0.6) is 0 Å². The zero-order valence-electron chi connectivity index (χ0n) is 9.74. The SMILES string of the molecule is CC1(N)CN(C(=O)c2c(F)c(F)c(F)c(F)c2F)C1. The minimum absolute atomic E-state index is 0.0225. The maximum absolute atomic E-state index is 13.4. The highest BCUT2D eigenvalue weighted by atomic mass is 19.2. The fourth-order valence-electron chi connectivity index (χ4n) is 1.92. The number of rotatable bonds is 1. The fourth-order valence-corrected chi connectivity index (χ4v) is 1.92. The largest absolute Gasteiger partial charge is 0.335 e. The predicted molar refractivity (Wildman–Crippen MR) is 54.7 cm³/mol.